The number of amides is 1. The van der Waals surface area contributed by atoms with Crippen molar-refractivity contribution < 1.29 is 28.9 Å². The fourth-order valence-electron chi connectivity index (χ4n) is 2.16. The largest absolute Gasteiger partial charge is 0.493 e. The number of nitrogens with one attached hydrogen (secondary N) is 1. The number of carbonyl (C=O) groups is 2. The number of carboxylic acids is 1. The summed E-state index contributed by atoms with van der Waals surface area (Å²) in [7, 11) is 2.85. The van der Waals surface area contributed by atoms with Gasteiger partial charge in [-0.25, -0.2) is 4.79 Å². The van der Waals surface area contributed by atoms with E-state index in [1.807, 2.05) is 0 Å². The van der Waals surface area contributed by atoms with Crippen LogP contribution in [0.3, 0.4) is 0 Å². The number of carboxylic acid groups (broad SMARTS) is 1. The van der Waals surface area contributed by atoms with Gasteiger partial charge in [-0.2, -0.15) is 0 Å². The van der Waals surface area contributed by atoms with E-state index >= 15 is 0 Å². The molecule has 1 amide bonds. The molecule has 1 aromatic rings. The van der Waals surface area contributed by atoms with Gasteiger partial charge < -0.3 is 24.6 Å². The molecule has 1 aliphatic heterocycles. The lowest BCUT2D eigenvalue weighted by molar-refractivity contribution is -0.124. The van der Waals surface area contributed by atoms with E-state index in [9.17, 15) is 14.7 Å². The van der Waals surface area contributed by atoms with Crippen molar-refractivity contribution >= 4 is 17.6 Å². The van der Waals surface area contributed by atoms with E-state index in [4.69, 9.17) is 14.2 Å². The van der Waals surface area contributed by atoms with Crippen LogP contribution in [0.4, 0.5) is 5.69 Å². The number of benzene rings is 1. The Labute approximate surface area is 121 Å². The van der Waals surface area contributed by atoms with Gasteiger partial charge in [-0.3, -0.25) is 4.79 Å². The molecule has 0 aromatic heterocycles. The summed E-state index contributed by atoms with van der Waals surface area (Å²) in [5.41, 5.74) is 0.0830. The Balaban J connectivity index is 2.31. The zero-order valence-corrected chi connectivity index (χ0v) is 11.8. The fraction of sp³-hybridized carbons (Fsp3) is 0.429. The Hall–Kier alpha value is -2.28. The lowest BCUT2D eigenvalue weighted by Crippen LogP contribution is -2.27. The summed E-state index contributed by atoms with van der Waals surface area (Å²) in [5, 5.41) is 11.8. The van der Waals surface area contributed by atoms with E-state index in [0.717, 1.165) is 6.42 Å². The summed E-state index contributed by atoms with van der Waals surface area (Å²) >= 11 is 0. The minimum atomic E-state index is -1.17. The van der Waals surface area contributed by atoms with Crippen LogP contribution < -0.4 is 14.8 Å². The van der Waals surface area contributed by atoms with Gasteiger partial charge in [-0.15, -0.1) is 0 Å². The Bertz CT molecular complexity index is 551. The maximum absolute atomic E-state index is 12.0. The molecule has 1 saturated heterocycles. The maximum atomic E-state index is 12.0. The molecule has 7 nitrogen and oxygen atoms in total. The first-order valence-electron chi connectivity index (χ1n) is 6.48. The average Bonchev–Trinajstić information content (AvgIpc) is 3.00. The standard InChI is InChI=1S/C14H17NO6/c1-19-11-6-8(14(17)18)9(7-12(11)20-2)15-13(16)10-4-3-5-21-10/h6-7,10H,3-5H2,1-2H3,(H,15,16)(H,17,18)/t10-/m0/s1. The molecule has 1 heterocycles. The molecular weight excluding hydrogens is 278 g/mol. The third-order valence-corrected chi connectivity index (χ3v) is 3.23. The summed E-state index contributed by atoms with van der Waals surface area (Å²) < 4.78 is 15.5. The van der Waals surface area contributed by atoms with Crippen molar-refractivity contribution in [1.82, 2.24) is 0 Å². The van der Waals surface area contributed by atoms with Crippen molar-refractivity contribution in [1.29, 1.82) is 0 Å². The van der Waals surface area contributed by atoms with Crippen molar-refractivity contribution in [2.75, 3.05) is 26.1 Å². The SMILES string of the molecule is COc1cc(NC(=O)[C@@H]2CCCO2)c(C(=O)O)cc1OC. The smallest absolute Gasteiger partial charge is 0.337 e. The molecule has 0 spiro atoms. The van der Waals surface area contributed by atoms with Crippen LogP contribution in [0, 0.1) is 0 Å². The van der Waals surface area contributed by atoms with Crippen molar-refractivity contribution in [3.8, 4) is 11.5 Å². The topological polar surface area (TPSA) is 94.1 Å². The van der Waals surface area contributed by atoms with Crippen LogP contribution in [-0.4, -0.2) is 43.9 Å². The van der Waals surface area contributed by atoms with Crippen molar-refractivity contribution in [3.05, 3.63) is 17.7 Å². The molecule has 0 saturated carbocycles. The summed E-state index contributed by atoms with van der Waals surface area (Å²) in [4.78, 5) is 23.4. The normalized spacial score (nSPS) is 17.3. The minimum Gasteiger partial charge on any atom is -0.493 e. The monoisotopic (exact) mass is 295 g/mol. The first-order chi connectivity index (χ1) is 10.1. The summed E-state index contributed by atoms with van der Waals surface area (Å²) in [6, 6.07) is 2.74. The molecule has 2 N–H and O–H groups in total. The molecule has 0 aliphatic carbocycles. The van der Waals surface area contributed by atoms with E-state index in [0.29, 0.717) is 18.8 Å². The lowest BCUT2D eigenvalue weighted by Gasteiger charge is -2.15. The van der Waals surface area contributed by atoms with Gasteiger partial charge in [0, 0.05) is 18.7 Å². The van der Waals surface area contributed by atoms with Crippen LogP contribution in [-0.2, 0) is 9.53 Å². The highest BCUT2D eigenvalue weighted by atomic mass is 16.5. The number of aromatic carboxylic acids is 1. The van der Waals surface area contributed by atoms with Crippen LogP contribution >= 0.6 is 0 Å². The third-order valence-electron chi connectivity index (χ3n) is 3.23. The zero-order valence-electron chi connectivity index (χ0n) is 11.8. The van der Waals surface area contributed by atoms with Crippen molar-refractivity contribution in [2.45, 2.75) is 18.9 Å². The van der Waals surface area contributed by atoms with Crippen LogP contribution in [0.2, 0.25) is 0 Å². The quantitative estimate of drug-likeness (QED) is 0.855. The third kappa shape index (κ3) is 3.25. The van der Waals surface area contributed by atoms with Gasteiger partial charge in [0.05, 0.1) is 25.5 Å². The molecule has 7 heteroatoms. The van der Waals surface area contributed by atoms with Gasteiger partial charge >= 0.3 is 5.97 Å². The molecule has 0 bridgehead atoms. The highest BCUT2D eigenvalue weighted by Crippen LogP contribution is 2.33. The van der Waals surface area contributed by atoms with Crippen molar-refractivity contribution in [2.24, 2.45) is 0 Å². The zero-order chi connectivity index (χ0) is 15.4. The van der Waals surface area contributed by atoms with E-state index in [1.165, 1.54) is 26.4 Å². The number of hydrogen-bond acceptors (Lipinski definition) is 5. The van der Waals surface area contributed by atoms with E-state index < -0.39 is 12.1 Å². The van der Waals surface area contributed by atoms with E-state index in [-0.39, 0.29) is 22.9 Å². The molecule has 1 atom stereocenters. The molecule has 1 fully saturated rings. The summed E-state index contributed by atoms with van der Waals surface area (Å²) in [6.07, 6.45) is 0.900. The first kappa shape index (κ1) is 15.1. The van der Waals surface area contributed by atoms with Gasteiger partial charge in [0.2, 0.25) is 0 Å². The molecule has 2 rings (SSSR count). The number of ether oxygens (including phenoxy) is 3. The van der Waals surface area contributed by atoms with Gasteiger partial charge in [0.25, 0.3) is 5.91 Å². The molecule has 21 heavy (non-hydrogen) atoms. The van der Waals surface area contributed by atoms with Gasteiger partial charge in [-0.05, 0) is 12.8 Å². The predicted molar refractivity (Wildman–Crippen MR) is 74.1 cm³/mol. The molecule has 1 aliphatic rings. The van der Waals surface area contributed by atoms with Crippen molar-refractivity contribution in [3.63, 3.8) is 0 Å². The van der Waals surface area contributed by atoms with Gasteiger partial charge in [-0.1, -0.05) is 0 Å². The molecule has 114 valence electrons. The first-order valence-corrected chi connectivity index (χ1v) is 6.48. The number of carbonyl (C=O) groups excluding carboxylic acids is 1. The summed E-state index contributed by atoms with van der Waals surface area (Å²) in [6.45, 7) is 0.538. The Morgan fingerprint density at radius 2 is 1.95 bits per heavy atom. The van der Waals surface area contributed by atoms with Crippen LogP contribution in [0.25, 0.3) is 0 Å². The van der Waals surface area contributed by atoms with E-state index in [1.54, 1.807) is 0 Å². The Morgan fingerprint density at radius 3 is 2.48 bits per heavy atom. The molecular formula is C14H17NO6. The number of anilines is 1. The second kappa shape index (κ2) is 6.45. The summed E-state index contributed by atoms with van der Waals surface area (Å²) in [5.74, 6) is -0.907. The number of methoxy groups -OCH3 is 2. The second-order valence-corrected chi connectivity index (χ2v) is 4.55. The number of rotatable bonds is 5. The molecule has 0 radical (unpaired) electrons. The minimum absolute atomic E-state index is 0.0704. The van der Waals surface area contributed by atoms with Crippen LogP contribution in [0.5, 0.6) is 11.5 Å². The van der Waals surface area contributed by atoms with Crippen LogP contribution in [0.15, 0.2) is 12.1 Å². The molecule has 1 aromatic carbocycles. The Kier molecular flexibility index (Phi) is 4.64. The predicted octanol–water partition coefficient (Wildman–Crippen LogP) is 1.52. The number of hydrogen-bond donors (Lipinski definition) is 2. The fourth-order valence-corrected chi connectivity index (χ4v) is 2.16. The van der Waals surface area contributed by atoms with Crippen LogP contribution in [0.1, 0.15) is 23.2 Å². The van der Waals surface area contributed by atoms with E-state index in [2.05, 4.69) is 5.32 Å². The average molecular weight is 295 g/mol. The highest BCUT2D eigenvalue weighted by molar-refractivity contribution is 6.02. The maximum Gasteiger partial charge on any atom is 0.337 e. The second-order valence-electron chi connectivity index (χ2n) is 4.55. The van der Waals surface area contributed by atoms with Gasteiger partial charge in [0.15, 0.2) is 11.5 Å². The lowest BCUT2D eigenvalue weighted by atomic mass is 10.1. The molecule has 0 unspecified atom stereocenters. The Morgan fingerprint density at radius 1 is 1.29 bits per heavy atom. The highest BCUT2D eigenvalue weighted by Gasteiger charge is 2.25. The van der Waals surface area contributed by atoms with Gasteiger partial charge in [0.1, 0.15) is 6.10 Å².